The lowest BCUT2D eigenvalue weighted by Gasteiger charge is -2.34. The van der Waals surface area contributed by atoms with Crippen LogP contribution in [-0.4, -0.2) is 19.9 Å². The summed E-state index contributed by atoms with van der Waals surface area (Å²) in [4.78, 5) is 14.2. The summed E-state index contributed by atoms with van der Waals surface area (Å²) >= 11 is 0. The summed E-state index contributed by atoms with van der Waals surface area (Å²) in [5.74, 6) is 0.211. The van der Waals surface area contributed by atoms with Gasteiger partial charge in [-0.15, -0.1) is 0 Å². The van der Waals surface area contributed by atoms with E-state index < -0.39 is 0 Å². The second-order valence-corrected chi connectivity index (χ2v) is 6.47. The largest absolute Gasteiger partial charge is 0.494 e. The Morgan fingerprint density at radius 3 is 2.75 bits per heavy atom. The van der Waals surface area contributed by atoms with Gasteiger partial charge in [0.15, 0.2) is 5.88 Å². The maximum atomic E-state index is 11.9. The van der Waals surface area contributed by atoms with Crippen molar-refractivity contribution < 1.29 is 5.11 Å². The molecule has 0 bridgehead atoms. The number of aromatic hydroxyl groups is 1. The van der Waals surface area contributed by atoms with Crippen LogP contribution in [0.2, 0.25) is 0 Å². The average molecular weight is 276 g/mol. The Bertz CT molecular complexity index is 704. The Hall–Kier alpha value is -1.98. The van der Waals surface area contributed by atoms with E-state index in [2.05, 4.69) is 23.9 Å². The third kappa shape index (κ3) is 2.05. The molecule has 1 aliphatic carbocycles. The van der Waals surface area contributed by atoms with E-state index in [-0.39, 0.29) is 17.5 Å². The fourth-order valence-corrected chi connectivity index (χ4v) is 3.05. The molecular weight excluding hydrogens is 256 g/mol. The van der Waals surface area contributed by atoms with Crippen molar-refractivity contribution in [2.45, 2.75) is 45.6 Å². The SMILES string of the molecule is CC1(C)CCC(n2nc3cc(O)[nH]c(=O)c3c2N)CC1. The summed E-state index contributed by atoms with van der Waals surface area (Å²) in [5.41, 5.74) is 6.52. The molecule has 0 aromatic carbocycles. The molecule has 6 nitrogen and oxygen atoms in total. The number of aromatic nitrogens is 3. The maximum Gasteiger partial charge on any atom is 0.263 e. The number of nitrogens with one attached hydrogen (secondary N) is 1. The minimum atomic E-state index is -0.389. The number of aromatic amines is 1. The van der Waals surface area contributed by atoms with Gasteiger partial charge in [0.1, 0.15) is 16.7 Å². The second kappa shape index (κ2) is 4.26. The quantitative estimate of drug-likeness (QED) is 0.743. The van der Waals surface area contributed by atoms with Gasteiger partial charge in [-0.3, -0.25) is 9.78 Å². The molecule has 6 heteroatoms. The van der Waals surface area contributed by atoms with Gasteiger partial charge in [-0.05, 0) is 31.1 Å². The molecule has 0 radical (unpaired) electrons. The normalized spacial score (nSPS) is 19.5. The van der Waals surface area contributed by atoms with Crippen LogP contribution >= 0.6 is 0 Å². The van der Waals surface area contributed by atoms with Crippen LogP contribution < -0.4 is 11.3 Å². The van der Waals surface area contributed by atoms with Gasteiger partial charge in [0.25, 0.3) is 5.56 Å². The van der Waals surface area contributed by atoms with E-state index in [9.17, 15) is 9.90 Å². The Balaban J connectivity index is 2.03. The topological polar surface area (TPSA) is 96.9 Å². The molecule has 0 unspecified atom stereocenters. The first-order chi connectivity index (χ1) is 9.37. The van der Waals surface area contributed by atoms with Crippen molar-refractivity contribution in [3.05, 3.63) is 16.4 Å². The lowest BCUT2D eigenvalue weighted by Crippen LogP contribution is -2.24. The van der Waals surface area contributed by atoms with Gasteiger partial charge in [0.05, 0.1) is 6.04 Å². The van der Waals surface area contributed by atoms with E-state index in [1.807, 2.05) is 0 Å². The number of nitrogen functional groups attached to an aromatic ring is 1. The maximum absolute atomic E-state index is 11.9. The highest BCUT2D eigenvalue weighted by Gasteiger charge is 2.29. The highest BCUT2D eigenvalue weighted by atomic mass is 16.3. The van der Waals surface area contributed by atoms with Crippen LogP contribution in [0.4, 0.5) is 5.82 Å². The smallest absolute Gasteiger partial charge is 0.263 e. The highest BCUT2D eigenvalue weighted by molar-refractivity contribution is 5.88. The van der Waals surface area contributed by atoms with Gasteiger partial charge in [-0.25, -0.2) is 4.68 Å². The van der Waals surface area contributed by atoms with E-state index in [0.717, 1.165) is 25.7 Å². The summed E-state index contributed by atoms with van der Waals surface area (Å²) in [6, 6.07) is 1.67. The van der Waals surface area contributed by atoms with Gasteiger partial charge in [0.2, 0.25) is 0 Å². The first kappa shape index (κ1) is 13.0. The Labute approximate surface area is 116 Å². The van der Waals surface area contributed by atoms with Crippen LogP contribution in [0.1, 0.15) is 45.6 Å². The summed E-state index contributed by atoms with van der Waals surface area (Å²) in [6.45, 7) is 4.55. The van der Waals surface area contributed by atoms with Gasteiger partial charge in [-0.2, -0.15) is 5.10 Å². The zero-order chi connectivity index (χ0) is 14.5. The zero-order valence-electron chi connectivity index (χ0n) is 11.8. The van der Waals surface area contributed by atoms with Crippen molar-refractivity contribution in [3.8, 4) is 5.88 Å². The van der Waals surface area contributed by atoms with Crippen LogP contribution in [0, 0.1) is 5.41 Å². The summed E-state index contributed by atoms with van der Waals surface area (Å²) < 4.78 is 1.76. The molecule has 0 aliphatic heterocycles. The minimum Gasteiger partial charge on any atom is -0.494 e. The second-order valence-electron chi connectivity index (χ2n) is 6.47. The van der Waals surface area contributed by atoms with E-state index in [1.165, 1.54) is 6.07 Å². The molecule has 0 saturated heterocycles. The number of nitrogens with two attached hydrogens (primary N) is 1. The van der Waals surface area contributed by atoms with Crippen molar-refractivity contribution in [1.82, 2.24) is 14.8 Å². The zero-order valence-corrected chi connectivity index (χ0v) is 11.8. The number of pyridine rings is 1. The molecule has 0 atom stereocenters. The lowest BCUT2D eigenvalue weighted by molar-refractivity contribution is 0.188. The predicted molar refractivity (Wildman–Crippen MR) is 77.7 cm³/mol. The fourth-order valence-electron chi connectivity index (χ4n) is 3.05. The molecule has 0 amide bonds. The van der Waals surface area contributed by atoms with E-state index in [0.29, 0.717) is 22.1 Å². The molecule has 0 spiro atoms. The van der Waals surface area contributed by atoms with Crippen molar-refractivity contribution in [2.24, 2.45) is 5.41 Å². The van der Waals surface area contributed by atoms with Crippen LogP contribution in [0.3, 0.4) is 0 Å². The van der Waals surface area contributed by atoms with Crippen LogP contribution in [0.25, 0.3) is 10.9 Å². The predicted octanol–water partition coefficient (Wildman–Crippen LogP) is 2.15. The molecule has 1 saturated carbocycles. The summed E-state index contributed by atoms with van der Waals surface area (Å²) in [6.07, 6.45) is 4.26. The van der Waals surface area contributed by atoms with Crippen LogP contribution in [-0.2, 0) is 0 Å². The molecule has 20 heavy (non-hydrogen) atoms. The van der Waals surface area contributed by atoms with E-state index in [4.69, 9.17) is 5.73 Å². The highest BCUT2D eigenvalue weighted by Crippen LogP contribution is 2.41. The third-order valence-corrected chi connectivity index (χ3v) is 4.37. The number of hydrogen-bond donors (Lipinski definition) is 3. The number of hydrogen-bond acceptors (Lipinski definition) is 4. The Morgan fingerprint density at radius 1 is 1.45 bits per heavy atom. The molecule has 4 N–H and O–H groups in total. The molecule has 108 valence electrons. The molecule has 3 rings (SSSR count). The first-order valence-corrected chi connectivity index (χ1v) is 6.97. The van der Waals surface area contributed by atoms with Crippen molar-refractivity contribution in [3.63, 3.8) is 0 Å². The minimum absolute atomic E-state index is 0.183. The third-order valence-electron chi connectivity index (χ3n) is 4.37. The number of fused-ring (bicyclic) bond motifs is 1. The monoisotopic (exact) mass is 276 g/mol. The van der Waals surface area contributed by atoms with Crippen molar-refractivity contribution in [1.29, 1.82) is 0 Å². The molecule has 1 fully saturated rings. The van der Waals surface area contributed by atoms with Crippen LogP contribution in [0.5, 0.6) is 5.88 Å². The van der Waals surface area contributed by atoms with Gasteiger partial charge in [0, 0.05) is 6.07 Å². The van der Waals surface area contributed by atoms with Gasteiger partial charge in [-0.1, -0.05) is 13.8 Å². The number of rotatable bonds is 1. The van der Waals surface area contributed by atoms with Crippen molar-refractivity contribution >= 4 is 16.7 Å². The lowest BCUT2D eigenvalue weighted by atomic mass is 9.75. The van der Waals surface area contributed by atoms with E-state index >= 15 is 0 Å². The molecule has 1 aliphatic rings. The average Bonchev–Trinajstić information content (AvgIpc) is 2.66. The van der Waals surface area contributed by atoms with Crippen LogP contribution in [0.15, 0.2) is 10.9 Å². The standard InChI is InChI=1S/C14H20N4O2/c1-14(2)5-3-8(4-6-14)18-12(15)11-9(17-18)7-10(19)16-13(11)20/h7-8,19H,3-6,15H2,1-2H3,(H,16,20). The Morgan fingerprint density at radius 2 is 2.10 bits per heavy atom. The molecular formula is C14H20N4O2. The summed E-state index contributed by atoms with van der Waals surface area (Å²) in [5, 5.41) is 14.2. The van der Waals surface area contributed by atoms with Gasteiger partial charge < -0.3 is 10.8 Å². The number of H-pyrrole nitrogens is 1. The Kier molecular flexibility index (Phi) is 2.77. The molecule has 2 aromatic rings. The fraction of sp³-hybridized carbons (Fsp3) is 0.571. The first-order valence-electron chi connectivity index (χ1n) is 6.97. The number of nitrogens with zero attached hydrogens (tertiary/aromatic N) is 2. The van der Waals surface area contributed by atoms with Gasteiger partial charge >= 0.3 is 0 Å². The van der Waals surface area contributed by atoms with Crippen molar-refractivity contribution in [2.75, 3.05) is 5.73 Å². The molecule has 2 heterocycles. The van der Waals surface area contributed by atoms with E-state index in [1.54, 1.807) is 4.68 Å². The number of anilines is 1. The summed E-state index contributed by atoms with van der Waals surface area (Å²) in [7, 11) is 0. The molecule has 2 aromatic heterocycles.